The van der Waals surface area contributed by atoms with Gasteiger partial charge < -0.3 is 14.6 Å². The highest BCUT2D eigenvalue weighted by atomic mass is 28.3. The Labute approximate surface area is 170 Å². The van der Waals surface area contributed by atoms with Gasteiger partial charge in [-0.1, -0.05) is 61.7 Å². The van der Waals surface area contributed by atoms with Crippen molar-refractivity contribution >= 4 is 19.0 Å². The quantitative estimate of drug-likeness (QED) is 0.316. The van der Waals surface area contributed by atoms with E-state index in [4.69, 9.17) is 9.47 Å². The first kappa shape index (κ1) is 23.9. The number of benzene rings is 1. The zero-order valence-corrected chi connectivity index (χ0v) is 18.4. The van der Waals surface area contributed by atoms with Crippen molar-refractivity contribution in [2.75, 3.05) is 13.2 Å². The number of aliphatic hydroxyl groups is 1. The Bertz CT molecular complexity index is 779. The Hall–Kier alpha value is -2.15. The standard InChI is InChI=1S/C23H30O4Si/c1-6-26-23(27-7-2)17-11-9-8-10-14-19(24)18-21(25)20-15-12-13-16-22(20)28(3,4)5/h8-9,12-13,15-16,19,23-24H,6-7,18H2,1-5H3/b9-8+. The zero-order valence-electron chi connectivity index (χ0n) is 17.4. The van der Waals surface area contributed by atoms with Crippen LogP contribution in [-0.2, 0) is 9.47 Å². The van der Waals surface area contributed by atoms with E-state index in [0.717, 1.165) is 5.19 Å². The molecule has 0 fully saturated rings. The van der Waals surface area contributed by atoms with E-state index < -0.39 is 20.5 Å². The Morgan fingerprint density at radius 3 is 2.21 bits per heavy atom. The van der Waals surface area contributed by atoms with E-state index in [9.17, 15) is 9.90 Å². The van der Waals surface area contributed by atoms with Gasteiger partial charge in [-0.05, 0) is 37.1 Å². The third-order valence-corrected chi connectivity index (χ3v) is 5.80. The number of hydrogen-bond acceptors (Lipinski definition) is 4. The van der Waals surface area contributed by atoms with Crippen molar-refractivity contribution < 1.29 is 19.4 Å². The monoisotopic (exact) mass is 398 g/mol. The number of aliphatic hydroxyl groups excluding tert-OH is 1. The lowest BCUT2D eigenvalue weighted by molar-refractivity contribution is -0.0969. The lowest BCUT2D eigenvalue weighted by atomic mass is 10.1. The van der Waals surface area contributed by atoms with Crippen LogP contribution in [0.1, 0.15) is 30.6 Å². The van der Waals surface area contributed by atoms with Crippen molar-refractivity contribution in [3.63, 3.8) is 0 Å². The summed E-state index contributed by atoms with van der Waals surface area (Å²) in [6.45, 7) is 11.4. The molecule has 0 saturated heterocycles. The van der Waals surface area contributed by atoms with Crippen LogP contribution in [0.5, 0.6) is 0 Å². The first-order chi connectivity index (χ1) is 13.3. The second-order valence-corrected chi connectivity index (χ2v) is 12.1. The normalized spacial score (nSPS) is 12.2. The number of hydrogen-bond donors (Lipinski definition) is 1. The highest BCUT2D eigenvalue weighted by molar-refractivity contribution is 6.89. The second kappa shape index (κ2) is 12.3. The molecule has 1 unspecified atom stereocenters. The summed E-state index contributed by atoms with van der Waals surface area (Å²) in [4.78, 5) is 12.6. The molecule has 0 amide bonds. The van der Waals surface area contributed by atoms with Gasteiger partial charge in [-0.25, -0.2) is 0 Å². The summed E-state index contributed by atoms with van der Waals surface area (Å²) in [5.41, 5.74) is 0.696. The molecule has 0 saturated carbocycles. The van der Waals surface area contributed by atoms with E-state index in [1.807, 2.05) is 38.1 Å². The van der Waals surface area contributed by atoms with E-state index in [2.05, 4.69) is 43.3 Å². The van der Waals surface area contributed by atoms with E-state index in [-0.39, 0.29) is 12.2 Å². The summed E-state index contributed by atoms with van der Waals surface area (Å²) >= 11 is 0. The Balaban J connectivity index is 2.68. The van der Waals surface area contributed by atoms with Gasteiger partial charge in [0.05, 0.1) is 8.07 Å². The smallest absolute Gasteiger partial charge is 0.222 e. The summed E-state index contributed by atoms with van der Waals surface area (Å²) in [5, 5.41) is 11.2. The lowest BCUT2D eigenvalue weighted by Gasteiger charge is -2.20. The van der Waals surface area contributed by atoms with Crippen LogP contribution in [0, 0.1) is 23.7 Å². The first-order valence-corrected chi connectivity index (χ1v) is 13.0. The topological polar surface area (TPSA) is 55.8 Å². The van der Waals surface area contributed by atoms with E-state index in [1.54, 1.807) is 6.08 Å². The molecule has 1 aromatic rings. The fourth-order valence-corrected chi connectivity index (χ4v) is 4.12. The van der Waals surface area contributed by atoms with E-state index >= 15 is 0 Å². The van der Waals surface area contributed by atoms with Gasteiger partial charge >= 0.3 is 0 Å². The third kappa shape index (κ3) is 8.69. The average molecular weight is 399 g/mol. The number of ketones is 1. The molecule has 1 N–H and O–H groups in total. The van der Waals surface area contributed by atoms with Crippen molar-refractivity contribution in [2.24, 2.45) is 0 Å². The molecule has 0 heterocycles. The van der Waals surface area contributed by atoms with Gasteiger partial charge in [0.25, 0.3) is 0 Å². The maximum Gasteiger partial charge on any atom is 0.222 e. The zero-order chi connectivity index (χ0) is 21.0. The van der Waals surface area contributed by atoms with Crippen LogP contribution in [-0.4, -0.2) is 44.6 Å². The van der Waals surface area contributed by atoms with Gasteiger partial charge in [0.1, 0.15) is 6.10 Å². The molecule has 0 spiro atoms. The summed E-state index contributed by atoms with van der Waals surface area (Å²) in [6, 6.07) is 7.65. The van der Waals surface area contributed by atoms with Crippen LogP contribution in [0.2, 0.25) is 19.6 Å². The van der Waals surface area contributed by atoms with E-state index in [1.165, 1.54) is 6.08 Å². The van der Waals surface area contributed by atoms with Crippen LogP contribution in [0.4, 0.5) is 0 Å². The maximum absolute atomic E-state index is 12.6. The molecule has 0 bridgehead atoms. The molecule has 1 rings (SSSR count). The molecule has 0 aliphatic rings. The summed E-state index contributed by atoms with van der Waals surface area (Å²) in [5.74, 6) is 10.9. The SMILES string of the molecule is CCOC(C#C/C=C/C#CC(O)CC(=O)c1ccccc1[Si](C)(C)C)OCC. The number of allylic oxidation sites excluding steroid dienone is 2. The molecule has 0 aliphatic carbocycles. The Kier molecular flexibility index (Phi) is 10.5. The van der Waals surface area contributed by atoms with Crippen LogP contribution >= 0.6 is 0 Å². The van der Waals surface area contributed by atoms with Crippen molar-refractivity contribution in [3.05, 3.63) is 42.0 Å². The number of carbonyl (C=O) groups is 1. The van der Waals surface area contributed by atoms with Crippen molar-refractivity contribution in [3.8, 4) is 23.7 Å². The number of carbonyl (C=O) groups excluding carboxylic acids is 1. The van der Waals surface area contributed by atoms with Gasteiger partial charge in [0.2, 0.25) is 6.29 Å². The number of rotatable bonds is 8. The van der Waals surface area contributed by atoms with Gasteiger partial charge in [0.15, 0.2) is 5.78 Å². The van der Waals surface area contributed by atoms with Crippen LogP contribution in [0.25, 0.3) is 0 Å². The van der Waals surface area contributed by atoms with Crippen LogP contribution < -0.4 is 5.19 Å². The Morgan fingerprint density at radius 1 is 1.07 bits per heavy atom. The molecule has 4 nitrogen and oxygen atoms in total. The second-order valence-electron chi connectivity index (χ2n) is 7.09. The van der Waals surface area contributed by atoms with Crippen molar-refractivity contribution in [2.45, 2.75) is 52.3 Å². The number of ether oxygens (including phenoxy) is 2. The molecule has 0 aromatic heterocycles. The predicted molar refractivity (Wildman–Crippen MR) is 116 cm³/mol. The number of Topliss-reactive ketones (excluding diaryl/α,β-unsaturated/α-hetero) is 1. The summed E-state index contributed by atoms with van der Waals surface area (Å²) < 4.78 is 10.6. The van der Waals surface area contributed by atoms with Crippen LogP contribution in [0.3, 0.4) is 0 Å². The molecule has 5 heteroatoms. The highest BCUT2D eigenvalue weighted by Gasteiger charge is 2.23. The molecule has 150 valence electrons. The van der Waals surface area contributed by atoms with Crippen molar-refractivity contribution in [1.29, 1.82) is 0 Å². The molecule has 1 atom stereocenters. The van der Waals surface area contributed by atoms with Crippen molar-refractivity contribution in [1.82, 2.24) is 0 Å². The van der Waals surface area contributed by atoms with Gasteiger partial charge in [-0.3, -0.25) is 4.79 Å². The van der Waals surface area contributed by atoms with E-state index in [0.29, 0.717) is 18.8 Å². The van der Waals surface area contributed by atoms with Gasteiger partial charge in [-0.15, -0.1) is 0 Å². The maximum atomic E-state index is 12.6. The fourth-order valence-electron chi connectivity index (χ4n) is 2.49. The Morgan fingerprint density at radius 2 is 1.64 bits per heavy atom. The lowest BCUT2D eigenvalue weighted by Crippen LogP contribution is -2.41. The van der Waals surface area contributed by atoms with Gasteiger partial charge in [-0.2, -0.15) is 0 Å². The minimum atomic E-state index is -1.64. The summed E-state index contributed by atoms with van der Waals surface area (Å²) in [7, 11) is -1.64. The molecule has 1 aromatic carbocycles. The molecule has 28 heavy (non-hydrogen) atoms. The molecule has 0 aliphatic heterocycles. The van der Waals surface area contributed by atoms with Crippen LogP contribution in [0.15, 0.2) is 36.4 Å². The van der Waals surface area contributed by atoms with Gasteiger partial charge in [0, 0.05) is 25.2 Å². The largest absolute Gasteiger partial charge is 0.380 e. The fraction of sp³-hybridized carbons (Fsp3) is 0.435. The summed E-state index contributed by atoms with van der Waals surface area (Å²) in [6.07, 6.45) is 1.51. The minimum absolute atomic E-state index is 0.0230. The molecular formula is C23H30O4Si. The predicted octanol–water partition coefficient (Wildman–Crippen LogP) is 3.13. The first-order valence-electron chi connectivity index (χ1n) is 9.50. The average Bonchev–Trinajstić information content (AvgIpc) is 2.64. The third-order valence-electron chi connectivity index (χ3n) is 3.75. The minimum Gasteiger partial charge on any atom is -0.380 e. The highest BCUT2D eigenvalue weighted by Crippen LogP contribution is 2.10. The molecule has 0 radical (unpaired) electrons. The molecular weight excluding hydrogens is 368 g/mol.